The Hall–Kier alpha value is -1.24. The van der Waals surface area contributed by atoms with E-state index in [9.17, 15) is 0 Å². The number of aromatic nitrogens is 3. The van der Waals surface area contributed by atoms with Crippen LogP contribution >= 0.6 is 11.3 Å². The monoisotopic (exact) mass is 250 g/mol. The lowest BCUT2D eigenvalue weighted by Crippen LogP contribution is -2.42. The second kappa shape index (κ2) is 3.90. The van der Waals surface area contributed by atoms with Crippen LogP contribution in [0.4, 0.5) is 0 Å². The fraction of sp³-hybridized carbons (Fsp3) is 0.455. The van der Waals surface area contributed by atoms with Gasteiger partial charge in [0.15, 0.2) is 5.82 Å². The van der Waals surface area contributed by atoms with Crippen molar-refractivity contribution in [2.45, 2.75) is 18.4 Å². The maximum Gasteiger partial charge on any atom is 0.191 e. The Morgan fingerprint density at radius 1 is 1.65 bits per heavy atom. The summed E-state index contributed by atoms with van der Waals surface area (Å²) in [5.74, 6) is 1.54. The normalized spacial score (nSPS) is 28.7. The van der Waals surface area contributed by atoms with Crippen LogP contribution in [-0.4, -0.2) is 34.4 Å². The second-order valence-corrected chi connectivity index (χ2v) is 5.47. The molecular formula is C11H14N4OS. The maximum atomic E-state index is 6.06. The summed E-state index contributed by atoms with van der Waals surface area (Å²) in [5, 5.41) is 9.25. The summed E-state index contributed by atoms with van der Waals surface area (Å²) in [6.45, 7) is 3.22. The van der Waals surface area contributed by atoms with Crippen LogP contribution in [0, 0.1) is 0 Å². The van der Waals surface area contributed by atoms with E-state index in [1.165, 1.54) is 0 Å². The fourth-order valence-electron chi connectivity index (χ4n) is 1.97. The quantitative estimate of drug-likeness (QED) is 0.838. The van der Waals surface area contributed by atoms with E-state index < -0.39 is 0 Å². The number of aromatic amines is 1. The third-order valence-electron chi connectivity index (χ3n) is 3.29. The first-order valence-corrected chi connectivity index (χ1v) is 6.38. The molecule has 17 heavy (non-hydrogen) atoms. The van der Waals surface area contributed by atoms with E-state index >= 15 is 0 Å². The summed E-state index contributed by atoms with van der Waals surface area (Å²) in [6.07, 6.45) is 0. The number of nitrogens with zero attached hydrogens (tertiary/aromatic N) is 2. The molecule has 3 rings (SSSR count). The number of hydrogen-bond donors (Lipinski definition) is 2. The molecule has 1 aliphatic rings. The fourth-order valence-corrected chi connectivity index (χ4v) is 2.62. The van der Waals surface area contributed by atoms with Gasteiger partial charge in [0.05, 0.1) is 23.5 Å². The van der Waals surface area contributed by atoms with Crippen molar-refractivity contribution in [3.63, 3.8) is 0 Å². The van der Waals surface area contributed by atoms with E-state index in [-0.39, 0.29) is 11.5 Å². The zero-order chi connectivity index (χ0) is 11.9. The average Bonchev–Trinajstić information content (AvgIpc) is 3.01. The van der Waals surface area contributed by atoms with Gasteiger partial charge in [0.1, 0.15) is 5.82 Å². The summed E-state index contributed by atoms with van der Waals surface area (Å²) in [7, 11) is 0. The topological polar surface area (TPSA) is 76.8 Å². The SMILES string of the molecule is CC1(c2nc(-c3cccs3)n[nH]2)COCC1N. The first-order chi connectivity index (χ1) is 8.20. The molecule has 3 N–H and O–H groups in total. The number of nitrogens with one attached hydrogen (secondary N) is 1. The summed E-state index contributed by atoms with van der Waals surface area (Å²) in [4.78, 5) is 5.60. The summed E-state index contributed by atoms with van der Waals surface area (Å²) in [5.41, 5.74) is 5.80. The molecule has 0 bridgehead atoms. The summed E-state index contributed by atoms with van der Waals surface area (Å²) >= 11 is 1.62. The highest BCUT2D eigenvalue weighted by Crippen LogP contribution is 2.31. The first-order valence-electron chi connectivity index (χ1n) is 5.50. The minimum absolute atomic E-state index is 0.0355. The molecule has 0 radical (unpaired) electrons. The van der Waals surface area contributed by atoms with Gasteiger partial charge in [0, 0.05) is 6.04 Å². The smallest absolute Gasteiger partial charge is 0.191 e. The van der Waals surface area contributed by atoms with E-state index in [4.69, 9.17) is 10.5 Å². The number of rotatable bonds is 2. The molecule has 1 aliphatic heterocycles. The number of thiophene rings is 1. The van der Waals surface area contributed by atoms with Crippen LogP contribution in [0.5, 0.6) is 0 Å². The molecule has 1 saturated heterocycles. The van der Waals surface area contributed by atoms with Gasteiger partial charge in [0.25, 0.3) is 0 Å². The highest BCUT2D eigenvalue weighted by molar-refractivity contribution is 7.13. The predicted octanol–water partition coefficient (Wildman–Crippen LogP) is 1.15. The number of ether oxygens (including phenoxy) is 1. The molecule has 0 amide bonds. The summed E-state index contributed by atoms with van der Waals surface area (Å²) in [6, 6.07) is 3.96. The Morgan fingerprint density at radius 3 is 3.18 bits per heavy atom. The van der Waals surface area contributed by atoms with Crippen molar-refractivity contribution in [1.82, 2.24) is 15.2 Å². The lowest BCUT2D eigenvalue weighted by molar-refractivity contribution is 0.178. The zero-order valence-corrected chi connectivity index (χ0v) is 10.3. The van der Waals surface area contributed by atoms with Crippen LogP contribution < -0.4 is 5.73 Å². The molecule has 2 unspecified atom stereocenters. The van der Waals surface area contributed by atoms with Crippen LogP contribution in [0.1, 0.15) is 12.7 Å². The molecule has 2 atom stereocenters. The van der Waals surface area contributed by atoms with E-state index in [1.54, 1.807) is 11.3 Å². The molecule has 0 spiro atoms. The third-order valence-corrected chi connectivity index (χ3v) is 4.15. The van der Waals surface area contributed by atoms with Crippen LogP contribution in [0.2, 0.25) is 0 Å². The Bertz CT molecular complexity index is 509. The highest BCUT2D eigenvalue weighted by atomic mass is 32.1. The number of H-pyrrole nitrogens is 1. The van der Waals surface area contributed by atoms with Crippen molar-refractivity contribution >= 4 is 11.3 Å². The van der Waals surface area contributed by atoms with Crippen molar-refractivity contribution < 1.29 is 4.74 Å². The molecule has 0 aromatic carbocycles. The van der Waals surface area contributed by atoms with Crippen molar-refractivity contribution in [3.8, 4) is 10.7 Å². The Morgan fingerprint density at radius 2 is 2.53 bits per heavy atom. The lowest BCUT2D eigenvalue weighted by Gasteiger charge is -2.23. The standard InChI is InChI=1S/C11H14N4OS/c1-11(6-16-5-8(11)12)10-13-9(14-15-10)7-3-2-4-17-7/h2-4,8H,5-6,12H2,1H3,(H,13,14,15). The summed E-state index contributed by atoms with van der Waals surface area (Å²) < 4.78 is 5.42. The van der Waals surface area contributed by atoms with E-state index in [0.717, 1.165) is 16.5 Å². The molecule has 1 fully saturated rings. The lowest BCUT2D eigenvalue weighted by atomic mass is 9.85. The van der Waals surface area contributed by atoms with Gasteiger partial charge in [-0.25, -0.2) is 4.98 Å². The molecular weight excluding hydrogens is 236 g/mol. The maximum absolute atomic E-state index is 6.06. The zero-order valence-electron chi connectivity index (χ0n) is 9.51. The van der Waals surface area contributed by atoms with Gasteiger partial charge in [-0.2, -0.15) is 5.10 Å². The van der Waals surface area contributed by atoms with Crippen molar-refractivity contribution in [2.24, 2.45) is 5.73 Å². The largest absolute Gasteiger partial charge is 0.379 e. The molecule has 5 nitrogen and oxygen atoms in total. The van der Waals surface area contributed by atoms with E-state index in [2.05, 4.69) is 22.1 Å². The van der Waals surface area contributed by atoms with Gasteiger partial charge >= 0.3 is 0 Å². The molecule has 90 valence electrons. The van der Waals surface area contributed by atoms with Gasteiger partial charge < -0.3 is 10.5 Å². The van der Waals surface area contributed by atoms with Gasteiger partial charge in [-0.3, -0.25) is 5.10 Å². The molecule has 0 aliphatic carbocycles. The third kappa shape index (κ3) is 1.69. The van der Waals surface area contributed by atoms with Gasteiger partial charge in [-0.1, -0.05) is 6.07 Å². The molecule has 0 saturated carbocycles. The van der Waals surface area contributed by atoms with Crippen LogP contribution in [-0.2, 0) is 10.2 Å². The highest BCUT2D eigenvalue weighted by Gasteiger charge is 2.42. The molecule has 2 aromatic heterocycles. The number of hydrogen-bond acceptors (Lipinski definition) is 5. The minimum Gasteiger partial charge on any atom is -0.379 e. The van der Waals surface area contributed by atoms with Crippen molar-refractivity contribution in [1.29, 1.82) is 0 Å². The Balaban J connectivity index is 1.95. The minimum atomic E-state index is -0.261. The predicted molar refractivity (Wildman–Crippen MR) is 65.8 cm³/mol. The molecule has 2 aromatic rings. The first kappa shape index (κ1) is 10.9. The average molecular weight is 250 g/mol. The van der Waals surface area contributed by atoms with E-state index in [1.807, 2.05) is 17.5 Å². The van der Waals surface area contributed by atoms with Gasteiger partial charge in [-0.15, -0.1) is 11.3 Å². The van der Waals surface area contributed by atoms with Gasteiger partial charge in [-0.05, 0) is 18.4 Å². The number of nitrogens with two attached hydrogens (primary N) is 1. The molecule has 3 heterocycles. The van der Waals surface area contributed by atoms with Crippen LogP contribution in [0.25, 0.3) is 10.7 Å². The Labute approximate surface area is 103 Å². The van der Waals surface area contributed by atoms with Crippen molar-refractivity contribution in [2.75, 3.05) is 13.2 Å². The molecule has 6 heteroatoms. The van der Waals surface area contributed by atoms with Crippen LogP contribution in [0.3, 0.4) is 0 Å². The van der Waals surface area contributed by atoms with Crippen molar-refractivity contribution in [3.05, 3.63) is 23.3 Å². The Kier molecular flexibility index (Phi) is 2.50. The van der Waals surface area contributed by atoms with E-state index in [0.29, 0.717) is 13.2 Å². The van der Waals surface area contributed by atoms with Gasteiger partial charge in [0.2, 0.25) is 0 Å². The van der Waals surface area contributed by atoms with Crippen LogP contribution in [0.15, 0.2) is 17.5 Å². The second-order valence-electron chi connectivity index (χ2n) is 4.52.